The number of hydrogen-bond donors (Lipinski definition) is 0. The second-order valence-electron chi connectivity index (χ2n) is 6.10. The van der Waals surface area contributed by atoms with Crippen molar-refractivity contribution >= 4 is 37.3 Å². The minimum atomic E-state index is -3.58. The van der Waals surface area contributed by atoms with Crippen molar-refractivity contribution in [2.45, 2.75) is 30.0 Å². The third kappa shape index (κ3) is 3.13. The zero-order valence-electron chi connectivity index (χ0n) is 13.9. The molecule has 0 bridgehead atoms. The first-order valence-corrected chi connectivity index (χ1v) is 11.2. The maximum atomic E-state index is 13.0. The van der Waals surface area contributed by atoms with Crippen LogP contribution in [0.4, 0.5) is 0 Å². The summed E-state index contributed by atoms with van der Waals surface area (Å²) in [6.45, 7) is 2.43. The van der Waals surface area contributed by atoms with Gasteiger partial charge in [-0.05, 0) is 53.4 Å². The van der Waals surface area contributed by atoms with E-state index in [9.17, 15) is 8.42 Å². The normalized spacial score (nSPS) is 18.5. The molecule has 0 saturated carbocycles. The molecule has 0 amide bonds. The lowest BCUT2D eigenvalue weighted by atomic mass is 10.1. The minimum absolute atomic E-state index is 0.315. The molecule has 136 valence electrons. The fourth-order valence-corrected chi connectivity index (χ4v) is 6.92. The SMILES string of the molecule is Cc1ccccc1-c1noc([C@H]2CCCN2S(=O)(=O)c2ccc(Br)s2)n1. The molecule has 0 radical (unpaired) electrons. The molecule has 1 aliphatic rings. The molecular weight excluding hydrogens is 438 g/mol. The van der Waals surface area contributed by atoms with Crippen LogP contribution in [-0.4, -0.2) is 29.4 Å². The molecule has 3 aromatic rings. The monoisotopic (exact) mass is 453 g/mol. The lowest BCUT2D eigenvalue weighted by molar-refractivity contribution is 0.291. The topological polar surface area (TPSA) is 76.3 Å². The van der Waals surface area contributed by atoms with Gasteiger partial charge in [-0.1, -0.05) is 29.4 Å². The Morgan fingerprint density at radius 3 is 2.81 bits per heavy atom. The Kier molecular flexibility index (Phi) is 4.72. The highest BCUT2D eigenvalue weighted by Gasteiger charge is 2.40. The van der Waals surface area contributed by atoms with E-state index in [0.29, 0.717) is 28.9 Å². The van der Waals surface area contributed by atoms with E-state index in [1.165, 1.54) is 15.6 Å². The van der Waals surface area contributed by atoms with E-state index in [2.05, 4.69) is 26.1 Å². The summed E-state index contributed by atoms with van der Waals surface area (Å²) in [5, 5.41) is 4.07. The summed E-state index contributed by atoms with van der Waals surface area (Å²) in [4.78, 5) is 4.50. The first kappa shape index (κ1) is 17.8. The minimum Gasteiger partial charge on any atom is -0.337 e. The van der Waals surface area contributed by atoms with Gasteiger partial charge in [0.1, 0.15) is 10.3 Å². The van der Waals surface area contributed by atoms with Crippen LogP contribution < -0.4 is 0 Å². The third-order valence-corrected chi connectivity index (χ3v) is 8.43. The second-order valence-corrected chi connectivity index (χ2v) is 10.7. The number of rotatable bonds is 4. The van der Waals surface area contributed by atoms with Crippen molar-refractivity contribution in [1.29, 1.82) is 0 Å². The van der Waals surface area contributed by atoms with Gasteiger partial charge in [0.25, 0.3) is 10.0 Å². The van der Waals surface area contributed by atoms with Gasteiger partial charge in [0, 0.05) is 12.1 Å². The molecule has 3 heterocycles. The Morgan fingerprint density at radius 1 is 1.27 bits per heavy atom. The van der Waals surface area contributed by atoms with E-state index in [0.717, 1.165) is 21.3 Å². The Balaban J connectivity index is 1.67. The smallest absolute Gasteiger partial charge is 0.253 e. The van der Waals surface area contributed by atoms with Gasteiger partial charge in [0.05, 0.1) is 3.79 Å². The van der Waals surface area contributed by atoms with E-state index in [1.807, 2.05) is 31.2 Å². The molecule has 1 atom stereocenters. The first-order chi connectivity index (χ1) is 12.5. The third-order valence-electron chi connectivity index (χ3n) is 4.43. The number of thiophene rings is 1. The zero-order valence-corrected chi connectivity index (χ0v) is 17.1. The number of aryl methyl sites for hydroxylation is 1. The summed E-state index contributed by atoms with van der Waals surface area (Å²) in [6, 6.07) is 10.7. The predicted octanol–water partition coefficient (Wildman–Crippen LogP) is 4.39. The maximum absolute atomic E-state index is 13.0. The summed E-state index contributed by atoms with van der Waals surface area (Å²) >= 11 is 4.53. The quantitative estimate of drug-likeness (QED) is 0.584. The molecule has 6 nitrogen and oxygen atoms in total. The van der Waals surface area contributed by atoms with Gasteiger partial charge in [-0.25, -0.2) is 8.42 Å². The van der Waals surface area contributed by atoms with Gasteiger partial charge >= 0.3 is 0 Å². The Bertz CT molecular complexity index is 1040. The zero-order chi connectivity index (χ0) is 18.3. The summed E-state index contributed by atoms with van der Waals surface area (Å²) in [7, 11) is -3.58. The number of benzene rings is 1. The van der Waals surface area contributed by atoms with Gasteiger partial charge in [-0.15, -0.1) is 11.3 Å². The molecule has 26 heavy (non-hydrogen) atoms. The molecule has 1 saturated heterocycles. The molecule has 1 aliphatic heterocycles. The fraction of sp³-hybridized carbons (Fsp3) is 0.294. The van der Waals surface area contributed by atoms with Crippen LogP contribution in [0.5, 0.6) is 0 Å². The maximum Gasteiger partial charge on any atom is 0.253 e. The molecule has 0 aliphatic carbocycles. The van der Waals surface area contributed by atoms with Crippen molar-refractivity contribution in [3.05, 3.63) is 51.6 Å². The number of nitrogens with zero attached hydrogens (tertiary/aromatic N) is 3. The molecule has 0 spiro atoms. The van der Waals surface area contributed by atoms with E-state index in [1.54, 1.807) is 12.1 Å². The summed E-state index contributed by atoms with van der Waals surface area (Å²) in [5.41, 5.74) is 1.93. The Hall–Kier alpha value is -1.55. The molecule has 0 unspecified atom stereocenters. The van der Waals surface area contributed by atoms with Gasteiger partial charge in [-0.2, -0.15) is 9.29 Å². The number of aromatic nitrogens is 2. The fourth-order valence-electron chi connectivity index (χ4n) is 3.13. The van der Waals surface area contributed by atoms with Crippen molar-refractivity contribution in [2.75, 3.05) is 6.54 Å². The van der Waals surface area contributed by atoms with Crippen LogP contribution in [0.1, 0.15) is 30.3 Å². The van der Waals surface area contributed by atoms with E-state index < -0.39 is 16.1 Å². The van der Waals surface area contributed by atoms with Crippen LogP contribution in [-0.2, 0) is 10.0 Å². The van der Waals surface area contributed by atoms with Crippen molar-refractivity contribution in [2.24, 2.45) is 0 Å². The lowest BCUT2D eigenvalue weighted by Gasteiger charge is -2.20. The molecule has 2 aromatic heterocycles. The Labute approximate surface area is 164 Å². The molecule has 9 heteroatoms. The first-order valence-electron chi connectivity index (χ1n) is 8.13. The van der Waals surface area contributed by atoms with Crippen molar-refractivity contribution in [1.82, 2.24) is 14.4 Å². The van der Waals surface area contributed by atoms with E-state index >= 15 is 0 Å². The predicted molar refractivity (Wildman–Crippen MR) is 102 cm³/mol. The van der Waals surface area contributed by atoms with Crippen LogP contribution in [0.2, 0.25) is 0 Å². The van der Waals surface area contributed by atoms with Crippen LogP contribution >= 0.6 is 27.3 Å². The number of halogens is 1. The number of sulfonamides is 1. The molecule has 1 fully saturated rings. The standard InChI is InChI=1S/C17H16BrN3O3S2/c1-11-5-2-3-6-12(11)16-19-17(24-20-16)13-7-4-10-21(13)26(22,23)15-9-8-14(18)25-15/h2-3,5-6,8-9,13H,4,7,10H2,1H3/t13-/m1/s1. The Morgan fingerprint density at radius 2 is 2.08 bits per heavy atom. The van der Waals surface area contributed by atoms with E-state index in [-0.39, 0.29) is 0 Å². The molecule has 4 rings (SSSR count). The van der Waals surface area contributed by atoms with Crippen molar-refractivity contribution in [3.63, 3.8) is 0 Å². The second kappa shape index (κ2) is 6.88. The van der Waals surface area contributed by atoms with Crippen LogP contribution in [0.3, 0.4) is 0 Å². The average molecular weight is 454 g/mol. The van der Waals surface area contributed by atoms with Gasteiger partial charge in [0.2, 0.25) is 11.7 Å². The van der Waals surface area contributed by atoms with E-state index in [4.69, 9.17) is 4.52 Å². The highest BCUT2D eigenvalue weighted by atomic mass is 79.9. The van der Waals surface area contributed by atoms with Crippen LogP contribution in [0, 0.1) is 6.92 Å². The molecule has 1 aromatic carbocycles. The summed E-state index contributed by atoms with van der Waals surface area (Å²) < 4.78 is 34.0. The average Bonchev–Trinajstić information content (AvgIpc) is 3.35. The summed E-state index contributed by atoms with van der Waals surface area (Å²) in [5.74, 6) is 0.834. The van der Waals surface area contributed by atoms with Crippen LogP contribution in [0.25, 0.3) is 11.4 Å². The van der Waals surface area contributed by atoms with Crippen molar-refractivity contribution < 1.29 is 12.9 Å². The van der Waals surface area contributed by atoms with Crippen LogP contribution in [0.15, 0.2) is 48.9 Å². The highest BCUT2D eigenvalue weighted by molar-refractivity contribution is 9.11. The largest absolute Gasteiger partial charge is 0.337 e. The van der Waals surface area contributed by atoms with Gasteiger partial charge in [-0.3, -0.25) is 0 Å². The number of hydrogen-bond acceptors (Lipinski definition) is 6. The summed E-state index contributed by atoms with van der Waals surface area (Å²) in [6.07, 6.45) is 1.43. The lowest BCUT2D eigenvalue weighted by Crippen LogP contribution is -2.30. The molecule has 0 N–H and O–H groups in total. The molecular formula is C17H16BrN3O3S2. The van der Waals surface area contributed by atoms with Gasteiger partial charge in [0.15, 0.2) is 0 Å². The van der Waals surface area contributed by atoms with Crippen molar-refractivity contribution in [3.8, 4) is 11.4 Å². The highest BCUT2D eigenvalue weighted by Crippen LogP contribution is 2.38. The van der Waals surface area contributed by atoms with Gasteiger partial charge < -0.3 is 4.52 Å².